The van der Waals surface area contributed by atoms with Crippen LogP contribution < -0.4 is 15.4 Å². The molecule has 0 aliphatic rings. The Kier molecular flexibility index (Phi) is 7.95. The highest BCUT2D eigenvalue weighted by atomic mass is 32.2. The van der Waals surface area contributed by atoms with Gasteiger partial charge in [0.25, 0.3) is 5.91 Å². The van der Waals surface area contributed by atoms with Gasteiger partial charge in [0.05, 0.1) is 12.4 Å². The minimum Gasteiger partial charge on any atom is -0.497 e. The van der Waals surface area contributed by atoms with Gasteiger partial charge in [-0.1, -0.05) is 25.1 Å². The van der Waals surface area contributed by atoms with E-state index in [4.69, 9.17) is 4.74 Å². The van der Waals surface area contributed by atoms with Gasteiger partial charge in [-0.15, -0.1) is 11.8 Å². The molecule has 2 N–H and O–H groups in total. The summed E-state index contributed by atoms with van der Waals surface area (Å²) in [5.74, 6) is 0.470. The van der Waals surface area contributed by atoms with Crippen molar-refractivity contribution >= 4 is 35.0 Å². The van der Waals surface area contributed by atoms with Crippen molar-refractivity contribution in [3.8, 4) is 5.75 Å². The van der Waals surface area contributed by atoms with Crippen molar-refractivity contribution in [2.75, 3.05) is 17.7 Å². The molecule has 3 aromatic rings. The second-order valence-electron chi connectivity index (χ2n) is 7.46. The zero-order chi connectivity index (χ0) is 23.1. The van der Waals surface area contributed by atoms with Crippen LogP contribution in [0, 0.1) is 13.8 Å². The van der Waals surface area contributed by atoms with E-state index >= 15 is 0 Å². The number of carbonyl (C=O) groups is 2. The molecule has 0 fully saturated rings. The molecular weight excluding hydrogens is 420 g/mol. The molecule has 0 saturated heterocycles. The molecule has 0 saturated carbocycles. The quantitative estimate of drug-likeness (QED) is 0.410. The molecule has 32 heavy (non-hydrogen) atoms. The first-order chi connectivity index (χ1) is 15.4. The van der Waals surface area contributed by atoms with E-state index < -0.39 is 0 Å². The van der Waals surface area contributed by atoms with Gasteiger partial charge in [0.2, 0.25) is 5.91 Å². The van der Waals surface area contributed by atoms with E-state index in [2.05, 4.69) is 10.6 Å². The number of hydrogen-bond donors (Lipinski definition) is 2. The van der Waals surface area contributed by atoms with Gasteiger partial charge in [-0.2, -0.15) is 0 Å². The first-order valence-corrected chi connectivity index (χ1v) is 11.4. The van der Waals surface area contributed by atoms with Gasteiger partial charge in [0.1, 0.15) is 5.75 Å². The fourth-order valence-electron chi connectivity index (χ4n) is 3.18. The molecule has 0 radical (unpaired) electrons. The first-order valence-electron chi connectivity index (χ1n) is 10.5. The number of hydrogen-bond acceptors (Lipinski definition) is 4. The van der Waals surface area contributed by atoms with Crippen LogP contribution in [0.15, 0.2) is 71.6 Å². The first kappa shape index (κ1) is 23.4. The molecule has 6 heteroatoms. The molecule has 0 aliphatic carbocycles. The Bertz CT molecular complexity index is 1100. The highest BCUT2D eigenvalue weighted by molar-refractivity contribution is 8.00. The smallest absolute Gasteiger partial charge is 0.255 e. The lowest BCUT2D eigenvalue weighted by atomic mass is 10.1. The van der Waals surface area contributed by atoms with Crippen LogP contribution in [0.2, 0.25) is 0 Å². The molecule has 3 rings (SSSR count). The monoisotopic (exact) mass is 448 g/mol. The summed E-state index contributed by atoms with van der Waals surface area (Å²) in [6.07, 6.45) is 0.684. The number of aryl methyl sites for hydroxylation is 1. The molecule has 166 valence electrons. The third-order valence-corrected chi connectivity index (χ3v) is 6.61. The van der Waals surface area contributed by atoms with Gasteiger partial charge in [-0.25, -0.2) is 0 Å². The molecule has 0 aliphatic heterocycles. The molecule has 2 amide bonds. The van der Waals surface area contributed by atoms with Crippen LogP contribution >= 0.6 is 11.8 Å². The van der Waals surface area contributed by atoms with Gasteiger partial charge in [-0.3, -0.25) is 9.59 Å². The number of rotatable bonds is 8. The van der Waals surface area contributed by atoms with Gasteiger partial charge < -0.3 is 15.4 Å². The number of ether oxygens (including phenoxy) is 1. The van der Waals surface area contributed by atoms with Crippen molar-refractivity contribution in [3.63, 3.8) is 0 Å². The van der Waals surface area contributed by atoms with Crippen molar-refractivity contribution in [2.45, 2.75) is 37.3 Å². The SMILES string of the molecule is CCC(Sc1cccc(NC(=O)c2ccc(OC)cc2)c1)C(=O)Nc1cccc(C)c1C. The van der Waals surface area contributed by atoms with Crippen LogP contribution in [-0.2, 0) is 4.79 Å². The molecule has 0 heterocycles. The minimum atomic E-state index is -0.248. The highest BCUT2D eigenvalue weighted by Crippen LogP contribution is 2.29. The van der Waals surface area contributed by atoms with Crippen molar-refractivity contribution in [2.24, 2.45) is 0 Å². The lowest BCUT2D eigenvalue weighted by Gasteiger charge is -2.17. The Morgan fingerprint density at radius 1 is 0.969 bits per heavy atom. The molecule has 0 bridgehead atoms. The second kappa shape index (κ2) is 10.9. The van der Waals surface area contributed by atoms with Crippen molar-refractivity contribution < 1.29 is 14.3 Å². The second-order valence-corrected chi connectivity index (χ2v) is 8.74. The van der Waals surface area contributed by atoms with Gasteiger partial charge >= 0.3 is 0 Å². The Morgan fingerprint density at radius 3 is 2.38 bits per heavy atom. The van der Waals surface area contributed by atoms with E-state index in [0.29, 0.717) is 23.4 Å². The maximum atomic E-state index is 12.9. The molecular formula is C26H28N2O3S. The van der Waals surface area contributed by atoms with Crippen LogP contribution in [0.3, 0.4) is 0 Å². The average Bonchev–Trinajstić information content (AvgIpc) is 2.80. The topological polar surface area (TPSA) is 67.4 Å². The van der Waals surface area contributed by atoms with E-state index in [1.54, 1.807) is 31.4 Å². The van der Waals surface area contributed by atoms with Crippen molar-refractivity contribution in [1.82, 2.24) is 0 Å². The summed E-state index contributed by atoms with van der Waals surface area (Å²) < 4.78 is 5.13. The summed E-state index contributed by atoms with van der Waals surface area (Å²) in [6, 6.07) is 20.4. The van der Waals surface area contributed by atoms with Gasteiger partial charge in [0.15, 0.2) is 0 Å². The number of thioether (sulfide) groups is 1. The van der Waals surface area contributed by atoms with E-state index in [0.717, 1.165) is 21.7 Å². The molecule has 0 spiro atoms. The fourth-order valence-corrected chi connectivity index (χ4v) is 4.19. The van der Waals surface area contributed by atoms with Crippen LogP contribution in [-0.4, -0.2) is 24.2 Å². The molecule has 5 nitrogen and oxygen atoms in total. The van der Waals surface area contributed by atoms with E-state index in [1.807, 2.05) is 63.2 Å². The molecule has 1 unspecified atom stereocenters. The maximum Gasteiger partial charge on any atom is 0.255 e. The zero-order valence-corrected chi connectivity index (χ0v) is 19.6. The summed E-state index contributed by atoms with van der Waals surface area (Å²) in [6.45, 7) is 6.03. The molecule has 1 atom stereocenters. The van der Waals surface area contributed by atoms with E-state index in [-0.39, 0.29) is 17.1 Å². The predicted molar refractivity (Wildman–Crippen MR) is 132 cm³/mol. The zero-order valence-electron chi connectivity index (χ0n) is 18.8. The number of nitrogens with one attached hydrogen (secondary N) is 2. The summed E-state index contributed by atoms with van der Waals surface area (Å²) in [5, 5.41) is 5.73. The highest BCUT2D eigenvalue weighted by Gasteiger charge is 2.19. The molecule has 0 aromatic heterocycles. The Morgan fingerprint density at radius 2 is 1.69 bits per heavy atom. The van der Waals surface area contributed by atoms with Crippen LogP contribution in [0.5, 0.6) is 5.75 Å². The Labute approximate surface area is 193 Å². The maximum absolute atomic E-state index is 12.9. The van der Waals surface area contributed by atoms with Crippen LogP contribution in [0.4, 0.5) is 11.4 Å². The van der Waals surface area contributed by atoms with Gasteiger partial charge in [0, 0.05) is 21.8 Å². The predicted octanol–water partition coefficient (Wildman–Crippen LogP) is 6.07. The van der Waals surface area contributed by atoms with Crippen LogP contribution in [0.25, 0.3) is 0 Å². The number of carbonyl (C=O) groups excluding carboxylic acids is 2. The normalized spacial score (nSPS) is 11.5. The number of anilines is 2. The number of benzene rings is 3. The fraction of sp³-hybridized carbons (Fsp3) is 0.231. The van der Waals surface area contributed by atoms with Gasteiger partial charge in [-0.05, 0) is 79.9 Å². The van der Waals surface area contributed by atoms with Crippen LogP contribution in [0.1, 0.15) is 34.8 Å². The average molecular weight is 449 g/mol. The third-order valence-electron chi connectivity index (χ3n) is 5.25. The molecule has 3 aromatic carbocycles. The summed E-state index contributed by atoms with van der Waals surface area (Å²) >= 11 is 1.49. The minimum absolute atomic E-state index is 0.0288. The number of methoxy groups -OCH3 is 1. The third kappa shape index (κ3) is 5.92. The van der Waals surface area contributed by atoms with E-state index in [1.165, 1.54) is 11.8 Å². The lowest BCUT2D eigenvalue weighted by Crippen LogP contribution is -2.25. The lowest BCUT2D eigenvalue weighted by molar-refractivity contribution is -0.115. The van der Waals surface area contributed by atoms with Crippen molar-refractivity contribution in [1.29, 1.82) is 0 Å². The Hall–Kier alpha value is -3.25. The summed E-state index contributed by atoms with van der Waals surface area (Å²) in [5.41, 5.74) is 4.28. The number of amides is 2. The standard InChI is InChI=1S/C26H28N2O3S/c1-5-24(26(30)28-23-11-6-8-17(2)18(23)3)32-22-10-7-9-20(16-22)27-25(29)19-12-14-21(31-4)15-13-19/h6-16,24H,5H2,1-4H3,(H,27,29)(H,28,30). The van der Waals surface area contributed by atoms with E-state index in [9.17, 15) is 9.59 Å². The summed E-state index contributed by atoms with van der Waals surface area (Å²) in [4.78, 5) is 26.4. The van der Waals surface area contributed by atoms with Crippen molar-refractivity contribution in [3.05, 3.63) is 83.4 Å². The Balaban J connectivity index is 1.67. The summed E-state index contributed by atoms with van der Waals surface area (Å²) in [7, 11) is 1.59. The largest absolute Gasteiger partial charge is 0.497 e.